The molecule has 4 nitrogen and oxygen atoms in total. The number of carbonyl (C=O) groups is 2. The van der Waals surface area contributed by atoms with Gasteiger partial charge in [0.2, 0.25) is 5.91 Å². The SMILES string of the molecule is COC(=O)C1(NC(=O)C2CC2c2cccc(Br)c2)CCC(C)CC1. The molecule has 2 aliphatic rings. The van der Waals surface area contributed by atoms with E-state index in [4.69, 9.17) is 4.74 Å². The van der Waals surface area contributed by atoms with E-state index in [0.29, 0.717) is 18.8 Å². The van der Waals surface area contributed by atoms with E-state index < -0.39 is 5.54 Å². The monoisotopic (exact) mass is 393 g/mol. The summed E-state index contributed by atoms with van der Waals surface area (Å²) < 4.78 is 6.02. The maximum atomic E-state index is 12.7. The lowest BCUT2D eigenvalue weighted by molar-refractivity contribution is -0.153. The van der Waals surface area contributed by atoms with E-state index in [-0.39, 0.29) is 23.7 Å². The van der Waals surface area contributed by atoms with Gasteiger partial charge in [-0.15, -0.1) is 0 Å². The highest BCUT2D eigenvalue weighted by Crippen LogP contribution is 2.48. The quantitative estimate of drug-likeness (QED) is 0.791. The number of amides is 1. The Labute approximate surface area is 151 Å². The van der Waals surface area contributed by atoms with E-state index >= 15 is 0 Å². The smallest absolute Gasteiger partial charge is 0.331 e. The molecule has 2 fully saturated rings. The van der Waals surface area contributed by atoms with Crippen molar-refractivity contribution in [3.63, 3.8) is 0 Å². The van der Waals surface area contributed by atoms with E-state index in [9.17, 15) is 9.59 Å². The predicted molar refractivity (Wildman–Crippen MR) is 95.5 cm³/mol. The Morgan fingerprint density at radius 1 is 1.29 bits per heavy atom. The molecule has 0 aliphatic heterocycles. The first-order valence-corrected chi connectivity index (χ1v) is 9.40. The van der Waals surface area contributed by atoms with E-state index in [1.54, 1.807) is 0 Å². The summed E-state index contributed by atoms with van der Waals surface area (Å²) in [6.07, 6.45) is 4.06. The van der Waals surface area contributed by atoms with Gasteiger partial charge in [0.1, 0.15) is 5.54 Å². The highest BCUT2D eigenvalue weighted by Gasteiger charge is 2.49. The third-order valence-electron chi connectivity index (χ3n) is 5.47. The van der Waals surface area contributed by atoms with Gasteiger partial charge in [0.25, 0.3) is 0 Å². The van der Waals surface area contributed by atoms with Gasteiger partial charge in [-0.2, -0.15) is 0 Å². The number of ether oxygens (including phenoxy) is 1. The van der Waals surface area contributed by atoms with Crippen molar-refractivity contribution >= 4 is 27.8 Å². The molecule has 0 saturated heterocycles. The largest absolute Gasteiger partial charge is 0.467 e. The average molecular weight is 394 g/mol. The molecular weight excluding hydrogens is 370 g/mol. The molecule has 1 aromatic carbocycles. The fourth-order valence-electron chi connectivity index (χ4n) is 3.75. The molecule has 1 aromatic rings. The van der Waals surface area contributed by atoms with Gasteiger partial charge >= 0.3 is 5.97 Å². The van der Waals surface area contributed by atoms with Crippen molar-refractivity contribution in [1.29, 1.82) is 0 Å². The van der Waals surface area contributed by atoms with Crippen LogP contribution in [0.2, 0.25) is 0 Å². The van der Waals surface area contributed by atoms with Crippen LogP contribution in [0.5, 0.6) is 0 Å². The zero-order valence-electron chi connectivity index (χ0n) is 14.2. The first kappa shape index (κ1) is 17.5. The highest BCUT2D eigenvalue weighted by molar-refractivity contribution is 9.10. The van der Waals surface area contributed by atoms with Crippen LogP contribution < -0.4 is 5.32 Å². The number of esters is 1. The molecule has 2 saturated carbocycles. The minimum absolute atomic E-state index is 0.0140. The van der Waals surface area contributed by atoms with Crippen LogP contribution in [0.3, 0.4) is 0 Å². The maximum absolute atomic E-state index is 12.7. The molecule has 3 rings (SSSR count). The molecule has 0 bridgehead atoms. The Morgan fingerprint density at radius 3 is 2.62 bits per heavy atom. The van der Waals surface area contributed by atoms with Gasteiger partial charge in [-0.05, 0) is 61.6 Å². The second kappa shape index (κ2) is 6.87. The second-order valence-electron chi connectivity index (χ2n) is 7.25. The van der Waals surface area contributed by atoms with Gasteiger partial charge < -0.3 is 10.1 Å². The van der Waals surface area contributed by atoms with Crippen molar-refractivity contribution < 1.29 is 14.3 Å². The van der Waals surface area contributed by atoms with Gasteiger partial charge in [-0.3, -0.25) is 4.79 Å². The maximum Gasteiger partial charge on any atom is 0.331 e. The lowest BCUT2D eigenvalue weighted by Crippen LogP contribution is -2.57. The van der Waals surface area contributed by atoms with Crippen LogP contribution in [0.1, 0.15) is 50.5 Å². The zero-order chi connectivity index (χ0) is 17.3. The Hall–Kier alpha value is -1.36. The Morgan fingerprint density at radius 2 is 2.00 bits per heavy atom. The molecule has 2 atom stereocenters. The van der Waals surface area contributed by atoms with E-state index in [1.807, 2.05) is 12.1 Å². The number of hydrogen-bond donors (Lipinski definition) is 1. The minimum atomic E-state index is -0.831. The van der Waals surface area contributed by atoms with Crippen LogP contribution in [0.4, 0.5) is 0 Å². The summed E-state index contributed by atoms with van der Waals surface area (Å²) in [5.41, 5.74) is 0.344. The van der Waals surface area contributed by atoms with E-state index in [0.717, 1.165) is 23.7 Å². The number of carbonyl (C=O) groups excluding carboxylic acids is 2. The zero-order valence-corrected chi connectivity index (χ0v) is 15.8. The summed E-state index contributed by atoms with van der Waals surface area (Å²) in [7, 11) is 1.40. The van der Waals surface area contributed by atoms with Gasteiger partial charge in [-0.1, -0.05) is 35.0 Å². The molecule has 130 valence electrons. The van der Waals surface area contributed by atoms with Crippen molar-refractivity contribution in [1.82, 2.24) is 5.32 Å². The average Bonchev–Trinajstić information content (AvgIpc) is 3.37. The van der Waals surface area contributed by atoms with Crippen molar-refractivity contribution in [2.45, 2.75) is 50.5 Å². The third kappa shape index (κ3) is 3.51. The summed E-state index contributed by atoms with van der Waals surface area (Å²) >= 11 is 3.48. The Bertz CT molecular complexity index is 637. The number of nitrogens with one attached hydrogen (secondary N) is 1. The second-order valence-corrected chi connectivity index (χ2v) is 8.16. The van der Waals surface area contributed by atoms with Gasteiger partial charge in [0.15, 0.2) is 0 Å². The lowest BCUT2D eigenvalue weighted by atomic mass is 9.77. The molecule has 24 heavy (non-hydrogen) atoms. The molecule has 0 spiro atoms. The standard InChI is InChI=1S/C19H24BrNO3/c1-12-6-8-19(9-7-12,18(23)24-2)21-17(22)16-11-15(16)13-4-3-5-14(20)10-13/h3-5,10,12,15-16H,6-9,11H2,1-2H3,(H,21,22). The van der Waals surface area contributed by atoms with Crippen molar-refractivity contribution in [3.8, 4) is 0 Å². The molecule has 0 aromatic heterocycles. The molecule has 0 heterocycles. The van der Waals surface area contributed by atoms with E-state index in [2.05, 4.69) is 40.3 Å². The summed E-state index contributed by atoms with van der Waals surface area (Å²) in [5.74, 6) is 0.484. The normalized spacial score (nSPS) is 32.0. The summed E-state index contributed by atoms with van der Waals surface area (Å²) in [5, 5.41) is 3.05. The molecular formula is C19H24BrNO3. The molecule has 5 heteroatoms. The number of hydrogen-bond acceptors (Lipinski definition) is 3. The molecule has 2 aliphatic carbocycles. The fourth-order valence-corrected chi connectivity index (χ4v) is 4.17. The van der Waals surface area contributed by atoms with Crippen LogP contribution >= 0.6 is 15.9 Å². The molecule has 1 N–H and O–H groups in total. The number of halogens is 1. The predicted octanol–water partition coefficient (Wildman–Crippen LogP) is 3.79. The third-order valence-corrected chi connectivity index (χ3v) is 5.96. The van der Waals surface area contributed by atoms with Gasteiger partial charge in [0.05, 0.1) is 7.11 Å². The van der Waals surface area contributed by atoms with E-state index in [1.165, 1.54) is 12.7 Å². The van der Waals surface area contributed by atoms with Crippen molar-refractivity contribution in [2.24, 2.45) is 11.8 Å². The minimum Gasteiger partial charge on any atom is -0.467 e. The van der Waals surface area contributed by atoms with Crippen LogP contribution in [0.25, 0.3) is 0 Å². The summed E-state index contributed by atoms with van der Waals surface area (Å²) in [6, 6.07) is 8.10. The van der Waals surface area contributed by atoms with Crippen LogP contribution in [-0.2, 0) is 14.3 Å². The van der Waals surface area contributed by atoms with Crippen LogP contribution in [0, 0.1) is 11.8 Å². The van der Waals surface area contributed by atoms with Crippen molar-refractivity contribution in [3.05, 3.63) is 34.3 Å². The lowest BCUT2D eigenvalue weighted by Gasteiger charge is -2.37. The van der Waals surface area contributed by atoms with Gasteiger partial charge in [-0.25, -0.2) is 4.79 Å². The summed E-state index contributed by atoms with van der Waals surface area (Å²) in [6.45, 7) is 2.19. The first-order valence-electron chi connectivity index (χ1n) is 8.61. The Balaban J connectivity index is 1.68. The molecule has 0 radical (unpaired) electrons. The number of benzene rings is 1. The highest BCUT2D eigenvalue weighted by atomic mass is 79.9. The van der Waals surface area contributed by atoms with Crippen LogP contribution in [-0.4, -0.2) is 24.5 Å². The fraction of sp³-hybridized carbons (Fsp3) is 0.579. The van der Waals surface area contributed by atoms with Gasteiger partial charge in [0, 0.05) is 10.4 Å². The number of rotatable bonds is 4. The number of methoxy groups -OCH3 is 1. The molecule has 1 amide bonds. The van der Waals surface area contributed by atoms with Crippen molar-refractivity contribution in [2.75, 3.05) is 7.11 Å². The summed E-state index contributed by atoms with van der Waals surface area (Å²) in [4.78, 5) is 25.0. The van der Waals surface area contributed by atoms with Crippen LogP contribution in [0.15, 0.2) is 28.7 Å². The molecule has 2 unspecified atom stereocenters. The first-order chi connectivity index (χ1) is 11.4. The Kier molecular flexibility index (Phi) is 5.00. The topological polar surface area (TPSA) is 55.4 Å².